The molecule has 0 fully saturated rings. The highest BCUT2D eigenvalue weighted by molar-refractivity contribution is 7.99. The number of hydrogen-bond acceptors (Lipinski definition) is 6. The monoisotopic (exact) mass is 467 g/mol. The van der Waals surface area contributed by atoms with E-state index in [9.17, 15) is 4.79 Å². The third-order valence-corrected chi connectivity index (χ3v) is 7.05. The molecule has 0 saturated carbocycles. The zero-order valence-electron chi connectivity index (χ0n) is 16.8. The van der Waals surface area contributed by atoms with E-state index >= 15 is 0 Å². The number of benzene rings is 2. The van der Waals surface area contributed by atoms with Crippen molar-refractivity contribution in [3.63, 3.8) is 0 Å². The normalized spacial score (nSPS) is 10.9. The van der Waals surface area contributed by atoms with E-state index in [-0.39, 0.29) is 18.3 Å². The van der Waals surface area contributed by atoms with E-state index in [2.05, 4.69) is 41.5 Å². The summed E-state index contributed by atoms with van der Waals surface area (Å²) in [6.07, 6.45) is 2.56. The molecule has 0 aliphatic heterocycles. The highest BCUT2D eigenvalue weighted by Crippen LogP contribution is 2.34. The molecule has 0 radical (unpaired) electrons. The molecule has 0 unspecified atom stereocenters. The Morgan fingerprint density at radius 3 is 2.52 bits per heavy atom. The quantitative estimate of drug-likeness (QED) is 0.387. The minimum Gasteiger partial charge on any atom is -0.308 e. The van der Waals surface area contributed by atoms with Crippen molar-refractivity contribution in [2.24, 2.45) is 0 Å². The lowest BCUT2D eigenvalue weighted by Gasteiger charge is -2.22. The third kappa shape index (κ3) is 6.62. The topological polar surface area (TPSA) is 36.4 Å². The van der Waals surface area contributed by atoms with Gasteiger partial charge in [0.15, 0.2) is 5.13 Å². The zero-order valence-corrected chi connectivity index (χ0v) is 20.1. The average molecular weight is 468 g/mol. The maximum atomic E-state index is 13.0. The van der Waals surface area contributed by atoms with E-state index in [1.54, 1.807) is 34.9 Å². The van der Waals surface area contributed by atoms with Gasteiger partial charge in [0.1, 0.15) is 0 Å². The lowest BCUT2D eigenvalue weighted by atomic mass is 10.3. The van der Waals surface area contributed by atoms with Crippen molar-refractivity contribution >= 4 is 68.5 Å². The second-order valence-electron chi connectivity index (χ2n) is 6.56. The van der Waals surface area contributed by atoms with Crippen molar-refractivity contribution in [2.75, 3.05) is 44.1 Å². The lowest BCUT2D eigenvalue weighted by molar-refractivity contribution is -0.118. The summed E-state index contributed by atoms with van der Waals surface area (Å²) >= 11 is 5.01. The summed E-state index contributed by atoms with van der Waals surface area (Å²) in [6.45, 7) is 1.46. The Balaban J connectivity index is 0.00000300. The predicted octanol–water partition coefficient (Wildman–Crippen LogP) is 5.52. The molecule has 0 bridgehead atoms. The van der Waals surface area contributed by atoms with Crippen LogP contribution in [0.3, 0.4) is 0 Å². The summed E-state index contributed by atoms with van der Waals surface area (Å²) in [6, 6.07) is 16.4. The fourth-order valence-electron chi connectivity index (χ4n) is 2.73. The number of aromatic nitrogens is 1. The van der Waals surface area contributed by atoms with Crippen LogP contribution in [0.15, 0.2) is 58.3 Å². The summed E-state index contributed by atoms with van der Waals surface area (Å²) in [4.78, 5) is 24.2. The van der Waals surface area contributed by atoms with E-state index < -0.39 is 0 Å². The number of thioether (sulfide) groups is 2. The van der Waals surface area contributed by atoms with Crippen molar-refractivity contribution in [1.82, 2.24) is 9.88 Å². The molecule has 0 atom stereocenters. The average Bonchev–Trinajstić information content (AvgIpc) is 3.12. The molecule has 156 valence electrons. The fourth-order valence-corrected chi connectivity index (χ4v) is 5.25. The second-order valence-corrected chi connectivity index (χ2v) is 9.59. The molecule has 1 heterocycles. The molecular formula is C21H26ClN3OS3. The van der Waals surface area contributed by atoms with Crippen LogP contribution in [-0.4, -0.2) is 55.0 Å². The van der Waals surface area contributed by atoms with Gasteiger partial charge in [0.2, 0.25) is 5.91 Å². The molecule has 2 aromatic carbocycles. The number of fused-ring (bicyclic) bond motifs is 1. The van der Waals surface area contributed by atoms with Crippen LogP contribution in [0.5, 0.6) is 0 Å². The summed E-state index contributed by atoms with van der Waals surface area (Å²) in [5.74, 6) is 0.900. The predicted molar refractivity (Wildman–Crippen MR) is 131 cm³/mol. The van der Waals surface area contributed by atoms with E-state index in [1.807, 2.05) is 37.2 Å². The Hall–Kier alpha value is -1.25. The van der Waals surface area contributed by atoms with Gasteiger partial charge < -0.3 is 4.90 Å². The molecule has 0 N–H and O–H groups in total. The number of carbonyl (C=O) groups excluding carboxylic acids is 1. The second kappa shape index (κ2) is 11.8. The van der Waals surface area contributed by atoms with Crippen LogP contribution in [0.25, 0.3) is 10.2 Å². The van der Waals surface area contributed by atoms with Gasteiger partial charge in [-0.2, -0.15) is 0 Å². The summed E-state index contributed by atoms with van der Waals surface area (Å²) in [5, 5.41) is 0.799. The standard InChI is InChI=1S/C21H25N3OS3.ClH/c1-23(2)13-14-24(19(25)12-15-27-16-8-5-4-6-9-16)21-22-20-17(26-3)10-7-11-18(20)28-21;/h4-11H,12-15H2,1-3H3;1H. The Labute approximate surface area is 191 Å². The Bertz CT molecular complexity index is 918. The Morgan fingerprint density at radius 2 is 1.83 bits per heavy atom. The fraction of sp³-hybridized carbons (Fsp3) is 0.333. The van der Waals surface area contributed by atoms with Gasteiger partial charge in [-0.05, 0) is 44.6 Å². The molecule has 3 rings (SSSR count). The van der Waals surface area contributed by atoms with Gasteiger partial charge in [-0.3, -0.25) is 9.69 Å². The molecule has 0 spiro atoms. The first-order valence-corrected chi connectivity index (χ1v) is 12.2. The SMILES string of the molecule is CSc1cccc2sc(N(CCN(C)C)C(=O)CCSc3ccccc3)nc12.Cl. The molecule has 8 heteroatoms. The number of thiazole rings is 1. The molecule has 0 aliphatic rings. The molecule has 4 nitrogen and oxygen atoms in total. The molecule has 0 saturated heterocycles. The number of anilines is 1. The molecule has 3 aromatic rings. The number of carbonyl (C=O) groups is 1. The van der Waals surface area contributed by atoms with Crippen LogP contribution in [-0.2, 0) is 4.79 Å². The number of nitrogens with zero attached hydrogens (tertiary/aromatic N) is 3. The van der Waals surface area contributed by atoms with E-state index in [0.29, 0.717) is 13.0 Å². The van der Waals surface area contributed by atoms with Crippen molar-refractivity contribution < 1.29 is 4.79 Å². The van der Waals surface area contributed by atoms with Crippen LogP contribution in [0.4, 0.5) is 5.13 Å². The van der Waals surface area contributed by atoms with Crippen LogP contribution in [0, 0.1) is 0 Å². The minimum absolute atomic E-state index is 0. The van der Waals surface area contributed by atoms with Gasteiger partial charge in [0.05, 0.1) is 10.2 Å². The number of likely N-dealkylation sites (N-methyl/N-ethyl adjacent to an activating group) is 1. The Morgan fingerprint density at radius 1 is 1.07 bits per heavy atom. The summed E-state index contributed by atoms with van der Waals surface area (Å²) < 4.78 is 1.13. The molecule has 1 aromatic heterocycles. The number of rotatable bonds is 9. The van der Waals surface area contributed by atoms with Gasteiger partial charge in [0.25, 0.3) is 0 Å². The largest absolute Gasteiger partial charge is 0.308 e. The van der Waals surface area contributed by atoms with E-state index in [4.69, 9.17) is 4.98 Å². The van der Waals surface area contributed by atoms with E-state index in [1.165, 1.54) is 4.90 Å². The van der Waals surface area contributed by atoms with Crippen molar-refractivity contribution in [3.05, 3.63) is 48.5 Å². The minimum atomic E-state index is 0. The summed E-state index contributed by atoms with van der Waals surface area (Å²) in [5.41, 5.74) is 0.997. The van der Waals surface area contributed by atoms with Gasteiger partial charge in [0, 0.05) is 35.1 Å². The lowest BCUT2D eigenvalue weighted by Crippen LogP contribution is -2.36. The van der Waals surface area contributed by atoms with E-state index in [0.717, 1.165) is 32.5 Å². The number of hydrogen-bond donors (Lipinski definition) is 0. The van der Waals surface area contributed by atoms with Crippen molar-refractivity contribution in [2.45, 2.75) is 16.2 Å². The number of amides is 1. The molecular weight excluding hydrogens is 442 g/mol. The van der Waals surface area contributed by atoms with Crippen LogP contribution in [0.1, 0.15) is 6.42 Å². The summed E-state index contributed by atoms with van der Waals surface area (Å²) in [7, 11) is 4.05. The highest BCUT2D eigenvalue weighted by Gasteiger charge is 2.20. The Kier molecular flexibility index (Phi) is 9.79. The number of halogens is 1. The maximum Gasteiger partial charge on any atom is 0.229 e. The third-order valence-electron chi connectivity index (χ3n) is 4.22. The molecule has 1 amide bonds. The highest BCUT2D eigenvalue weighted by atomic mass is 35.5. The first kappa shape index (κ1) is 24.0. The van der Waals surface area contributed by atoms with Gasteiger partial charge in [-0.15, -0.1) is 35.9 Å². The molecule has 0 aliphatic carbocycles. The molecule has 29 heavy (non-hydrogen) atoms. The number of para-hydroxylation sites is 1. The van der Waals surface area contributed by atoms with Gasteiger partial charge in [-0.1, -0.05) is 35.6 Å². The maximum absolute atomic E-state index is 13.0. The van der Waals surface area contributed by atoms with Crippen LogP contribution in [0.2, 0.25) is 0 Å². The first-order chi connectivity index (χ1) is 13.6. The van der Waals surface area contributed by atoms with Crippen LogP contribution < -0.4 is 4.90 Å². The van der Waals surface area contributed by atoms with Gasteiger partial charge in [-0.25, -0.2) is 4.98 Å². The zero-order chi connectivity index (χ0) is 19.9. The first-order valence-electron chi connectivity index (χ1n) is 9.15. The van der Waals surface area contributed by atoms with Crippen LogP contribution >= 0.6 is 47.3 Å². The van der Waals surface area contributed by atoms with Gasteiger partial charge >= 0.3 is 0 Å². The van der Waals surface area contributed by atoms with Crippen molar-refractivity contribution in [3.8, 4) is 0 Å². The smallest absolute Gasteiger partial charge is 0.229 e. The van der Waals surface area contributed by atoms with Crippen molar-refractivity contribution in [1.29, 1.82) is 0 Å².